The van der Waals surface area contributed by atoms with Crippen LogP contribution in [0.2, 0.25) is 0 Å². The minimum atomic E-state index is -0.759. The van der Waals surface area contributed by atoms with Gasteiger partial charge in [0.1, 0.15) is 6.54 Å². The van der Waals surface area contributed by atoms with Gasteiger partial charge in [0, 0.05) is 32.1 Å². The fourth-order valence-corrected chi connectivity index (χ4v) is 3.06. The summed E-state index contributed by atoms with van der Waals surface area (Å²) in [5.41, 5.74) is 6.23. The Bertz CT molecular complexity index is 1110. The standard InChI is InChI=1S/C15H20N6O4/c1-8-9(2)21-11-12(17-14(21)19(8)5-6-25-4)18(3)15(24)20(13(11)23)7-10(16)22/h5-7H2,1-4H3,(H2,16,22). The first kappa shape index (κ1) is 17.0. The Hall–Kier alpha value is -2.88. The number of nitrogens with zero attached hydrogens (tertiary/aromatic N) is 5. The molecule has 0 saturated carbocycles. The Kier molecular flexibility index (Phi) is 3.99. The van der Waals surface area contributed by atoms with Crippen molar-refractivity contribution in [2.75, 3.05) is 13.7 Å². The number of hydrogen-bond donors (Lipinski definition) is 1. The number of imidazole rings is 2. The molecule has 134 valence electrons. The van der Waals surface area contributed by atoms with Crippen LogP contribution in [0.3, 0.4) is 0 Å². The van der Waals surface area contributed by atoms with Crippen molar-refractivity contribution in [1.29, 1.82) is 0 Å². The van der Waals surface area contributed by atoms with Crippen LogP contribution in [0, 0.1) is 13.8 Å². The highest BCUT2D eigenvalue weighted by Crippen LogP contribution is 2.20. The Morgan fingerprint density at radius 2 is 1.88 bits per heavy atom. The van der Waals surface area contributed by atoms with Crippen LogP contribution in [0.1, 0.15) is 11.4 Å². The van der Waals surface area contributed by atoms with E-state index in [2.05, 4.69) is 4.98 Å². The molecule has 0 aromatic carbocycles. The first-order valence-corrected chi connectivity index (χ1v) is 7.74. The average molecular weight is 348 g/mol. The number of methoxy groups -OCH3 is 1. The number of primary amides is 1. The van der Waals surface area contributed by atoms with Gasteiger partial charge < -0.3 is 15.0 Å². The number of carbonyl (C=O) groups excluding carboxylic acids is 1. The maximum atomic E-state index is 12.8. The van der Waals surface area contributed by atoms with Crippen molar-refractivity contribution < 1.29 is 9.53 Å². The predicted molar refractivity (Wildman–Crippen MR) is 90.7 cm³/mol. The molecule has 3 heterocycles. The van der Waals surface area contributed by atoms with E-state index in [0.717, 1.165) is 16.0 Å². The van der Waals surface area contributed by atoms with Crippen LogP contribution < -0.4 is 17.0 Å². The zero-order valence-corrected chi connectivity index (χ0v) is 14.6. The lowest BCUT2D eigenvalue weighted by Crippen LogP contribution is -2.42. The monoisotopic (exact) mass is 348 g/mol. The van der Waals surface area contributed by atoms with E-state index in [1.54, 1.807) is 11.5 Å². The molecule has 1 amide bonds. The summed E-state index contributed by atoms with van der Waals surface area (Å²) < 4.78 is 10.9. The lowest BCUT2D eigenvalue weighted by molar-refractivity contribution is -0.118. The molecule has 0 aliphatic rings. The Morgan fingerprint density at radius 3 is 2.48 bits per heavy atom. The number of aromatic nitrogens is 5. The second-order valence-corrected chi connectivity index (χ2v) is 5.93. The molecule has 25 heavy (non-hydrogen) atoms. The number of ether oxygens (including phenoxy) is 1. The molecule has 3 aromatic rings. The predicted octanol–water partition coefficient (Wildman–Crippen LogP) is -1.10. The Morgan fingerprint density at radius 1 is 1.20 bits per heavy atom. The minimum Gasteiger partial charge on any atom is -0.383 e. The van der Waals surface area contributed by atoms with Crippen molar-refractivity contribution in [3.05, 3.63) is 32.2 Å². The van der Waals surface area contributed by atoms with E-state index in [9.17, 15) is 14.4 Å². The van der Waals surface area contributed by atoms with E-state index in [1.165, 1.54) is 11.6 Å². The van der Waals surface area contributed by atoms with Gasteiger partial charge >= 0.3 is 5.69 Å². The highest BCUT2D eigenvalue weighted by Gasteiger charge is 2.22. The van der Waals surface area contributed by atoms with Crippen LogP contribution in [-0.2, 0) is 29.7 Å². The molecule has 0 fully saturated rings. The third-order valence-electron chi connectivity index (χ3n) is 4.46. The Labute approximate surface area is 142 Å². The van der Waals surface area contributed by atoms with Crippen molar-refractivity contribution in [2.24, 2.45) is 12.8 Å². The van der Waals surface area contributed by atoms with Gasteiger partial charge in [0.05, 0.1) is 6.61 Å². The summed E-state index contributed by atoms with van der Waals surface area (Å²) in [5, 5.41) is 0. The van der Waals surface area contributed by atoms with Crippen molar-refractivity contribution in [1.82, 2.24) is 23.1 Å². The zero-order chi connectivity index (χ0) is 18.5. The van der Waals surface area contributed by atoms with Crippen molar-refractivity contribution >= 4 is 22.8 Å². The largest absolute Gasteiger partial charge is 0.383 e. The summed E-state index contributed by atoms with van der Waals surface area (Å²) in [6, 6.07) is 0. The lowest BCUT2D eigenvalue weighted by Gasteiger charge is -2.07. The van der Waals surface area contributed by atoms with Gasteiger partial charge in [-0.3, -0.25) is 18.6 Å². The van der Waals surface area contributed by atoms with Gasteiger partial charge in [0.25, 0.3) is 5.56 Å². The van der Waals surface area contributed by atoms with Crippen LogP contribution in [0.15, 0.2) is 9.59 Å². The van der Waals surface area contributed by atoms with Gasteiger partial charge in [0.15, 0.2) is 11.2 Å². The molecule has 0 saturated heterocycles. The van der Waals surface area contributed by atoms with Crippen LogP contribution in [-0.4, -0.2) is 42.7 Å². The van der Waals surface area contributed by atoms with Gasteiger partial charge in [-0.2, -0.15) is 4.98 Å². The normalized spacial score (nSPS) is 11.7. The molecule has 2 N–H and O–H groups in total. The Balaban J connectivity index is 2.46. The number of hydrogen-bond acceptors (Lipinski definition) is 5. The summed E-state index contributed by atoms with van der Waals surface area (Å²) in [4.78, 5) is 41.0. The van der Waals surface area contributed by atoms with E-state index in [4.69, 9.17) is 10.5 Å². The average Bonchev–Trinajstić information content (AvgIpc) is 3.05. The summed E-state index contributed by atoms with van der Waals surface area (Å²) in [5.74, 6) is -0.212. The van der Waals surface area contributed by atoms with Gasteiger partial charge in [0.2, 0.25) is 11.7 Å². The molecule has 10 heteroatoms. The van der Waals surface area contributed by atoms with E-state index >= 15 is 0 Å². The quantitative estimate of drug-likeness (QED) is 0.628. The maximum Gasteiger partial charge on any atom is 0.332 e. The van der Waals surface area contributed by atoms with E-state index in [1.807, 2.05) is 18.4 Å². The fraction of sp³-hybridized carbons (Fsp3) is 0.467. The molecule has 3 aromatic heterocycles. The highest BCUT2D eigenvalue weighted by atomic mass is 16.5. The van der Waals surface area contributed by atoms with Gasteiger partial charge in [-0.15, -0.1) is 0 Å². The first-order valence-electron chi connectivity index (χ1n) is 7.74. The van der Waals surface area contributed by atoms with Gasteiger partial charge in [-0.1, -0.05) is 0 Å². The number of amides is 1. The second kappa shape index (κ2) is 5.88. The summed E-state index contributed by atoms with van der Waals surface area (Å²) in [6.07, 6.45) is 0. The SMILES string of the molecule is COCCn1c(C)c(C)n2c3c(=O)n(CC(N)=O)c(=O)n(C)c3nc12. The zero-order valence-electron chi connectivity index (χ0n) is 14.6. The molecular weight excluding hydrogens is 328 g/mol. The minimum absolute atomic E-state index is 0.245. The van der Waals surface area contributed by atoms with Crippen molar-refractivity contribution in [3.63, 3.8) is 0 Å². The summed E-state index contributed by atoms with van der Waals surface area (Å²) in [7, 11) is 3.12. The summed E-state index contributed by atoms with van der Waals surface area (Å²) >= 11 is 0. The van der Waals surface area contributed by atoms with Crippen LogP contribution >= 0.6 is 0 Å². The van der Waals surface area contributed by atoms with Gasteiger partial charge in [-0.25, -0.2) is 9.36 Å². The molecule has 10 nitrogen and oxygen atoms in total. The maximum absolute atomic E-state index is 12.8. The molecule has 3 rings (SSSR count). The number of rotatable bonds is 5. The molecule has 0 radical (unpaired) electrons. The number of aryl methyl sites for hydroxylation is 2. The molecular formula is C15H20N6O4. The smallest absolute Gasteiger partial charge is 0.332 e. The molecule has 0 spiro atoms. The second-order valence-electron chi connectivity index (χ2n) is 5.93. The van der Waals surface area contributed by atoms with Crippen molar-refractivity contribution in [3.8, 4) is 0 Å². The molecule has 0 bridgehead atoms. The molecule has 0 unspecified atom stereocenters. The van der Waals surface area contributed by atoms with E-state index in [-0.39, 0.29) is 11.2 Å². The van der Waals surface area contributed by atoms with Crippen LogP contribution in [0.5, 0.6) is 0 Å². The third kappa shape index (κ3) is 2.37. The van der Waals surface area contributed by atoms with Crippen molar-refractivity contribution in [2.45, 2.75) is 26.9 Å². The van der Waals surface area contributed by atoms with E-state index in [0.29, 0.717) is 18.9 Å². The number of carbonyl (C=O) groups is 1. The highest BCUT2D eigenvalue weighted by molar-refractivity contribution is 5.77. The van der Waals surface area contributed by atoms with E-state index < -0.39 is 23.7 Å². The lowest BCUT2D eigenvalue weighted by atomic mass is 10.3. The number of fused-ring (bicyclic) bond motifs is 3. The molecule has 0 aliphatic heterocycles. The van der Waals surface area contributed by atoms with Crippen LogP contribution in [0.25, 0.3) is 16.9 Å². The first-order chi connectivity index (χ1) is 11.8. The number of nitrogens with two attached hydrogens (primary N) is 1. The summed E-state index contributed by atoms with van der Waals surface area (Å²) in [6.45, 7) is 4.37. The van der Waals surface area contributed by atoms with Gasteiger partial charge in [-0.05, 0) is 13.8 Å². The molecule has 0 atom stereocenters. The molecule has 0 aliphatic carbocycles. The third-order valence-corrected chi connectivity index (χ3v) is 4.46. The fourth-order valence-electron chi connectivity index (χ4n) is 3.06. The topological polar surface area (TPSA) is 119 Å². The van der Waals surface area contributed by atoms with Crippen LogP contribution in [0.4, 0.5) is 0 Å².